The molecule has 1 heteroatoms. The molecule has 0 saturated carbocycles. The summed E-state index contributed by atoms with van der Waals surface area (Å²) in [6, 6.07) is 7.68. The number of Topliss-reactive ketones (excluding diaryl/α,β-unsaturated/α-hetero) is 1. The zero-order valence-corrected chi connectivity index (χ0v) is 8.21. The van der Waals surface area contributed by atoms with Crippen molar-refractivity contribution in [2.75, 3.05) is 0 Å². The van der Waals surface area contributed by atoms with Gasteiger partial charge in [-0.2, -0.15) is 0 Å². The van der Waals surface area contributed by atoms with Gasteiger partial charge in [0.05, 0.1) is 0 Å². The summed E-state index contributed by atoms with van der Waals surface area (Å²) in [5, 5.41) is 0. The van der Waals surface area contributed by atoms with E-state index in [4.69, 9.17) is 0 Å². The zero-order chi connectivity index (χ0) is 9.84. The van der Waals surface area contributed by atoms with E-state index in [2.05, 4.69) is 20.8 Å². The van der Waals surface area contributed by atoms with E-state index in [0.29, 0.717) is 11.5 Å². The maximum atomic E-state index is 10.9. The highest BCUT2D eigenvalue weighted by Gasteiger charge is 2.00. The number of hydrogen-bond acceptors (Lipinski definition) is 1. The lowest BCUT2D eigenvalue weighted by Crippen LogP contribution is -1.96. The number of rotatable bonds is 3. The van der Waals surface area contributed by atoms with Crippen molar-refractivity contribution in [1.82, 2.24) is 0 Å². The molecule has 69 valence electrons. The zero-order valence-electron chi connectivity index (χ0n) is 8.21. The number of benzene rings is 1. The van der Waals surface area contributed by atoms with Crippen molar-refractivity contribution in [3.05, 3.63) is 42.3 Å². The van der Waals surface area contributed by atoms with Crippen molar-refractivity contribution in [1.29, 1.82) is 0 Å². The fraction of sp³-hybridized carbons (Fsp3) is 0.333. The highest BCUT2D eigenvalue weighted by atomic mass is 16.1. The van der Waals surface area contributed by atoms with Crippen LogP contribution in [0.1, 0.15) is 29.8 Å². The van der Waals surface area contributed by atoms with Gasteiger partial charge < -0.3 is 0 Å². The first-order valence-electron chi connectivity index (χ1n) is 4.55. The molecule has 0 unspecified atom stereocenters. The summed E-state index contributed by atoms with van der Waals surface area (Å²) >= 11 is 0. The first-order valence-corrected chi connectivity index (χ1v) is 4.55. The topological polar surface area (TPSA) is 17.1 Å². The summed E-state index contributed by atoms with van der Waals surface area (Å²) in [7, 11) is 0. The molecular weight excluding hydrogens is 160 g/mol. The second kappa shape index (κ2) is 4.22. The minimum Gasteiger partial charge on any atom is -0.294 e. The van der Waals surface area contributed by atoms with Gasteiger partial charge >= 0.3 is 0 Å². The van der Waals surface area contributed by atoms with Gasteiger partial charge in [-0.15, -0.1) is 0 Å². The maximum absolute atomic E-state index is 10.9. The smallest absolute Gasteiger partial charge is 0.163 e. The Labute approximate surface area is 79.8 Å². The maximum Gasteiger partial charge on any atom is 0.163 e. The second-order valence-electron chi connectivity index (χ2n) is 3.72. The Bertz CT molecular complexity index is 282. The molecule has 13 heavy (non-hydrogen) atoms. The van der Waals surface area contributed by atoms with Crippen LogP contribution in [0.2, 0.25) is 0 Å². The molecule has 0 saturated heterocycles. The molecule has 1 nitrogen and oxygen atoms in total. The van der Waals surface area contributed by atoms with Crippen molar-refractivity contribution in [3.63, 3.8) is 0 Å². The van der Waals surface area contributed by atoms with E-state index in [1.54, 1.807) is 0 Å². The molecule has 0 bridgehead atoms. The molecule has 0 aliphatic carbocycles. The van der Waals surface area contributed by atoms with E-state index >= 15 is 0 Å². The van der Waals surface area contributed by atoms with Gasteiger partial charge in [-0.3, -0.25) is 4.79 Å². The molecule has 1 radical (unpaired) electrons. The summed E-state index contributed by atoms with van der Waals surface area (Å²) in [4.78, 5) is 10.9. The lowest BCUT2D eigenvalue weighted by Gasteiger charge is -2.04. The number of ketones is 1. The van der Waals surface area contributed by atoms with Crippen molar-refractivity contribution in [2.45, 2.75) is 20.3 Å². The second-order valence-corrected chi connectivity index (χ2v) is 3.72. The van der Waals surface area contributed by atoms with Crippen LogP contribution in [-0.4, -0.2) is 5.78 Å². The molecule has 1 aromatic carbocycles. The molecular formula is C12H15O. The lowest BCUT2D eigenvalue weighted by molar-refractivity contribution is 0.104. The van der Waals surface area contributed by atoms with E-state index in [1.807, 2.05) is 24.3 Å². The third-order valence-electron chi connectivity index (χ3n) is 1.92. The van der Waals surface area contributed by atoms with Crippen molar-refractivity contribution in [2.24, 2.45) is 5.92 Å². The van der Waals surface area contributed by atoms with E-state index in [-0.39, 0.29) is 5.78 Å². The monoisotopic (exact) mass is 175 g/mol. The quantitative estimate of drug-likeness (QED) is 0.645. The fourth-order valence-electron chi connectivity index (χ4n) is 1.30. The third kappa shape index (κ3) is 3.02. The van der Waals surface area contributed by atoms with Crippen LogP contribution in [-0.2, 0) is 6.42 Å². The fourth-order valence-corrected chi connectivity index (χ4v) is 1.30. The molecule has 1 aromatic rings. The first-order chi connectivity index (χ1) is 6.09. The number of carbonyl (C=O) groups excluding carboxylic acids is 1. The first kappa shape index (κ1) is 9.97. The molecule has 0 atom stereocenters. The van der Waals surface area contributed by atoms with Crippen LogP contribution in [0, 0.1) is 12.8 Å². The number of carbonyl (C=O) groups is 1. The number of hydrogen-bond donors (Lipinski definition) is 0. The van der Waals surface area contributed by atoms with Crippen LogP contribution in [0.5, 0.6) is 0 Å². The Morgan fingerprint density at radius 3 is 2.23 bits per heavy atom. The summed E-state index contributed by atoms with van der Waals surface area (Å²) in [5.41, 5.74) is 1.97. The largest absolute Gasteiger partial charge is 0.294 e. The van der Waals surface area contributed by atoms with Crippen LogP contribution in [0.15, 0.2) is 24.3 Å². The van der Waals surface area contributed by atoms with Gasteiger partial charge in [0.1, 0.15) is 0 Å². The summed E-state index contributed by atoms with van der Waals surface area (Å²) < 4.78 is 0. The Morgan fingerprint density at radius 2 is 1.85 bits per heavy atom. The SMILES string of the molecule is [CH2]C(=O)c1ccc(CC(C)C)cc1. The predicted octanol–water partition coefficient (Wildman–Crippen LogP) is 2.90. The molecule has 0 spiro atoms. The lowest BCUT2D eigenvalue weighted by atomic mass is 10.0. The van der Waals surface area contributed by atoms with E-state index < -0.39 is 0 Å². The van der Waals surface area contributed by atoms with Gasteiger partial charge in [0.25, 0.3) is 0 Å². The van der Waals surface area contributed by atoms with Crippen LogP contribution < -0.4 is 0 Å². The molecule has 0 aliphatic rings. The van der Waals surface area contributed by atoms with Gasteiger partial charge in [0.15, 0.2) is 5.78 Å². The van der Waals surface area contributed by atoms with Gasteiger partial charge in [0, 0.05) is 12.5 Å². The van der Waals surface area contributed by atoms with E-state index in [0.717, 1.165) is 6.42 Å². The highest BCUT2D eigenvalue weighted by Crippen LogP contribution is 2.09. The average molecular weight is 175 g/mol. The highest BCUT2D eigenvalue weighted by molar-refractivity contribution is 5.99. The van der Waals surface area contributed by atoms with Crippen LogP contribution in [0.25, 0.3) is 0 Å². The Balaban J connectivity index is 2.75. The summed E-state index contributed by atoms with van der Waals surface area (Å²) in [6.45, 7) is 7.72. The standard InChI is InChI=1S/C12H15O/c1-9(2)8-11-4-6-12(7-5-11)10(3)13/h4-7,9H,3,8H2,1-2H3. The van der Waals surface area contributed by atoms with Crippen LogP contribution in [0.4, 0.5) is 0 Å². The predicted molar refractivity (Wildman–Crippen MR) is 54.7 cm³/mol. The normalized spacial score (nSPS) is 10.5. The van der Waals surface area contributed by atoms with E-state index in [1.165, 1.54) is 5.56 Å². The van der Waals surface area contributed by atoms with Crippen LogP contribution in [0.3, 0.4) is 0 Å². The van der Waals surface area contributed by atoms with Crippen LogP contribution >= 0.6 is 0 Å². The Morgan fingerprint density at radius 1 is 1.31 bits per heavy atom. The Kier molecular flexibility index (Phi) is 3.24. The minimum atomic E-state index is -0.115. The molecule has 0 aliphatic heterocycles. The van der Waals surface area contributed by atoms with E-state index in [9.17, 15) is 4.79 Å². The van der Waals surface area contributed by atoms with Crippen molar-refractivity contribution >= 4 is 5.78 Å². The molecule has 1 rings (SSSR count). The molecule has 0 N–H and O–H groups in total. The molecule has 0 fully saturated rings. The summed E-state index contributed by atoms with van der Waals surface area (Å²) in [6.07, 6.45) is 1.06. The third-order valence-corrected chi connectivity index (χ3v) is 1.92. The van der Waals surface area contributed by atoms with Gasteiger partial charge in [0.2, 0.25) is 0 Å². The van der Waals surface area contributed by atoms with Gasteiger partial charge in [-0.25, -0.2) is 0 Å². The molecule has 0 amide bonds. The molecule has 0 heterocycles. The van der Waals surface area contributed by atoms with Gasteiger partial charge in [-0.05, 0) is 17.9 Å². The average Bonchev–Trinajstić information content (AvgIpc) is 2.04. The van der Waals surface area contributed by atoms with Gasteiger partial charge in [-0.1, -0.05) is 38.1 Å². The minimum absolute atomic E-state index is 0.115. The van der Waals surface area contributed by atoms with Crippen molar-refractivity contribution in [3.8, 4) is 0 Å². The Hall–Kier alpha value is -1.11. The van der Waals surface area contributed by atoms with Crippen molar-refractivity contribution < 1.29 is 4.79 Å². The molecule has 0 aromatic heterocycles. The summed E-state index contributed by atoms with van der Waals surface area (Å²) in [5.74, 6) is 0.539.